The highest BCUT2D eigenvalue weighted by Gasteiger charge is 2.14. The first kappa shape index (κ1) is 28.8. The number of carbonyl (C=O) groups excluding carboxylic acids is 1. The molecule has 1 rings (SSSR count). The second-order valence-corrected chi connectivity index (χ2v) is 9.67. The fourth-order valence-corrected chi connectivity index (χ4v) is 4.35. The Morgan fingerprint density at radius 2 is 1.17 bits per heavy atom. The molecular formula is C25H44O4S. The molecule has 0 saturated heterocycles. The number of ketones is 1. The second kappa shape index (κ2) is 18.6. The van der Waals surface area contributed by atoms with E-state index >= 15 is 0 Å². The molecule has 0 amide bonds. The first-order chi connectivity index (χ1) is 14.0. The molecule has 0 N–H and O–H groups in total. The minimum Gasteiger partial charge on any atom is -0.291 e. The molecule has 0 bridgehead atoms. The highest BCUT2D eigenvalue weighted by atomic mass is 32.2. The summed E-state index contributed by atoms with van der Waals surface area (Å²) in [7, 11) is -3.62. The Balaban J connectivity index is 0.00000841. The van der Waals surface area contributed by atoms with Crippen molar-refractivity contribution < 1.29 is 17.4 Å². The molecule has 0 atom stereocenters. The smallest absolute Gasteiger partial charge is 0.267 e. The van der Waals surface area contributed by atoms with Gasteiger partial charge in [0.1, 0.15) is 6.61 Å². The fourth-order valence-electron chi connectivity index (χ4n) is 3.38. The van der Waals surface area contributed by atoms with Gasteiger partial charge in [-0.05, 0) is 6.42 Å². The number of Topliss-reactive ketones (excluding diaryl/α,β-unsaturated/α-hetero) is 1. The molecule has 0 unspecified atom stereocenters. The summed E-state index contributed by atoms with van der Waals surface area (Å²) in [5, 5.41) is 0. The first-order valence-electron chi connectivity index (χ1n) is 11.5. The quantitative estimate of drug-likeness (QED) is 0.128. The van der Waals surface area contributed by atoms with Crippen LogP contribution in [0.4, 0.5) is 0 Å². The predicted octanol–water partition coefficient (Wildman–Crippen LogP) is 7.33. The van der Waals surface area contributed by atoms with Crippen molar-refractivity contribution >= 4 is 15.9 Å². The molecule has 0 aliphatic heterocycles. The largest absolute Gasteiger partial charge is 0.291 e. The van der Waals surface area contributed by atoms with E-state index in [0.29, 0.717) is 12.0 Å². The van der Waals surface area contributed by atoms with Crippen LogP contribution in [0.3, 0.4) is 0 Å². The van der Waals surface area contributed by atoms with Crippen LogP contribution in [0.2, 0.25) is 0 Å². The molecule has 0 saturated carbocycles. The third-order valence-electron chi connectivity index (χ3n) is 5.21. The Kier molecular flexibility index (Phi) is 17.8. The minimum absolute atomic E-state index is 0. The maximum atomic E-state index is 11.9. The van der Waals surface area contributed by atoms with Crippen molar-refractivity contribution in [2.45, 2.75) is 104 Å². The van der Waals surface area contributed by atoms with Gasteiger partial charge < -0.3 is 0 Å². The molecular weight excluding hydrogens is 396 g/mol. The van der Waals surface area contributed by atoms with Crippen LogP contribution in [0.1, 0.15) is 115 Å². The summed E-state index contributed by atoms with van der Waals surface area (Å²) in [6.07, 6.45) is 17.2. The molecule has 0 aliphatic carbocycles. The predicted molar refractivity (Wildman–Crippen MR) is 128 cm³/mol. The molecule has 0 radical (unpaired) electrons. The van der Waals surface area contributed by atoms with Gasteiger partial charge in [-0.3, -0.25) is 8.98 Å². The minimum atomic E-state index is -3.62. The molecule has 4 nitrogen and oxygen atoms in total. The van der Waals surface area contributed by atoms with Gasteiger partial charge in [-0.15, -0.1) is 0 Å². The number of hydrogen-bond donors (Lipinski definition) is 0. The lowest BCUT2D eigenvalue weighted by molar-refractivity contribution is 0.0924. The molecule has 0 heterocycles. The van der Waals surface area contributed by atoms with Gasteiger partial charge in [0.25, 0.3) is 10.1 Å². The summed E-state index contributed by atoms with van der Waals surface area (Å²) in [5.74, 6) is -0.317. The normalized spacial score (nSPS) is 11.2. The van der Waals surface area contributed by atoms with Crippen molar-refractivity contribution in [1.82, 2.24) is 0 Å². The molecule has 0 spiro atoms. The van der Waals surface area contributed by atoms with Gasteiger partial charge in [-0.25, -0.2) is 0 Å². The maximum absolute atomic E-state index is 11.9. The summed E-state index contributed by atoms with van der Waals surface area (Å²) < 4.78 is 28.7. The van der Waals surface area contributed by atoms with E-state index in [-0.39, 0.29) is 19.0 Å². The molecule has 1 aromatic carbocycles. The highest BCUT2D eigenvalue weighted by Crippen LogP contribution is 2.13. The zero-order valence-electron chi connectivity index (χ0n) is 18.2. The highest BCUT2D eigenvalue weighted by molar-refractivity contribution is 7.86. The SMILES string of the molecule is C.CCCCCCCCCCCCCCCCS(=O)(=O)OCC(=O)c1ccccc1. The summed E-state index contributed by atoms with van der Waals surface area (Å²) in [6, 6.07) is 8.62. The lowest BCUT2D eigenvalue weighted by atomic mass is 10.0. The van der Waals surface area contributed by atoms with Crippen molar-refractivity contribution in [3.63, 3.8) is 0 Å². The van der Waals surface area contributed by atoms with Gasteiger partial charge in [0, 0.05) is 5.56 Å². The van der Waals surface area contributed by atoms with Crippen molar-refractivity contribution in [3.05, 3.63) is 35.9 Å². The number of hydrogen-bond acceptors (Lipinski definition) is 4. The summed E-state index contributed by atoms with van der Waals surface area (Å²) in [5.41, 5.74) is 0.471. The van der Waals surface area contributed by atoms with E-state index in [1.807, 2.05) is 6.07 Å². The summed E-state index contributed by atoms with van der Waals surface area (Å²) in [6.45, 7) is 1.84. The van der Waals surface area contributed by atoms with Crippen LogP contribution in [-0.4, -0.2) is 26.6 Å². The van der Waals surface area contributed by atoms with E-state index in [1.165, 1.54) is 70.6 Å². The Hall–Kier alpha value is -1.20. The van der Waals surface area contributed by atoms with Crippen molar-refractivity contribution in [2.24, 2.45) is 0 Å². The van der Waals surface area contributed by atoms with Gasteiger partial charge in [0.2, 0.25) is 0 Å². The van der Waals surface area contributed by atoms with Crippen LogP contribution in [0, 0.1) is 0 Å². The standard InChI is InChI=1S/C24H40O4S.CH4/c1-2-3-4-5-6-7-8-9-10-11-12-13-14-18-21-29(26,27)28-22-24(25)23-19-16-15-17-20-23;/h15-17,19-20H,2-14,18,21-22H2,1H3;1H4. The van der Waals surface area contributed by atoms with E-state index in [9.17, 15) is 13.2 Å². The van der Waals surface area contributed by atoms with Crippen LogP contribution in [0.5, 0.6) is 0 Å². The van der Waals surface area contributed by atoms with Crippen LogP contribution < -0.4 is 0 Å². The van der Waals surface area contributed by atoms with Gasteiger partial charge in [-0.2, -0.15) is 8.42 Å². The Labute approximate surface area is 185 Å². The van der Waals surface area contributed by atoms with Crippen LogP contribution in [0.15, 0.2) is 30.3 Å². The van der Waals surface area contributed by atoms with Crippen molar-refractivity contribution in [3.8, 4) is 0 Å². The maximum Gasteiger partial charge on any atom is 0.267 e. The summed E-state index contributed by atoms with van der Waals surface area (Å²) in [4.78, 5) is 11.9. The Morgan fingerprint density at radius 3 is 1.63 bits per heavy atom. The average Bonchev–Trinajstić information content (AvgIpc) is 2.73. The van der Waals surface area contributed by atoms with Gasteiger partial charge in [0.05, 0.1) is 5.75 Å². The monoisotopic (exact) mass is 440 g/mol. The average molecular weight is 441 g/mol. The Bertz CT molecular complexity index is 626. The fraction of sp³-hybridized carbons (Fsp3) is 0.720. The van der Waals surface area contributed by atoms with Gasteiger partial charge >= 0.3 is 0 Å². The molecule has 30 heavy (non-hydrogen) atoms. The van der Waals surface area contributed by atoms with E-state index in [1.54, 1.807) is 24.3 Å². The summed E-state index contributed by atoms with van der Waals surface area (Å²) >= 11 is 0. The van der Waals surface area contributed by atoms with Crippen molar-refractivity contribution in [2.75, 3.05) is 12.4 Å². The lowest BCUT2D eigenvalue weighted by Gasteiger charge is -2.06. The lowest BCUT2D eigenvalue weighted by Crippen LogP contribution is -2.17. The van der Waals surface area contributed by atoms with Crippen molar-refractivity contribution in [1.29, 1.82) is 0 Å². The number of benzene rings is 1. The zero-order chi connectivity index (χ0) is 21.2. The molecule has 1 aromatic rings. The van der Waals surface area contributed by atoms with Crippen LogP contribution >= 0.6 is 0 Å². The first-order valence-corrected chi connectivity index (χ1v) is 13.1. The van der Waals surface area contributed by atoms with E-state index < -0.39 is 16.7 Å². The molecule has 174 valence electrons. The van der Waals surface area contributed by atoms with E-state index in [2.05, 4.69) is 6.92 Å². The third-order valence-corrected chi connectivity index (χ3v) is 6.48. The molecule has 5 heteroatoms. The zero-order valence-corrected chi connectivity index (χ0v) is 19.1. The number of rotatable bonds is 19. The Morgan fingerprint density at radius 1 is 0.733 bits per heavy atom. The molecule has 0 aromatic heterocycles. The van der Waals surface area contributed by atoms with Crippen LogP contribution in [0.25, 0.3) is 0 Å². The van der Waals surface area contributed by atoms with Gasteiger partial charge in [0.15, 0.2) is 5.78 Å². The molecule has 0 aliphatic rings. The van der Waals surface area contributed by atoms with E-state index in [4.69, 9.17) is 4.18 Å². The second-order valence-electron chi connectivity index (χ2n) is 7.91. The number of carbonyl (C=O) groups is 1. The van der Waals surface area contributed by atoms with Crippen LogP contribution in [-0.2, 0) is 14.3 Å². The topological polar surface area (TPSA) is 60.4 Å². The molecule has 0 fully saturated rings. The number of unbranched alkanes of at least 4 members (excludes halogenated alkanes) is 13. The van der Waals surface area contributed by atoms with Gasteiger partial charge in [-0.1, -0.05) is 128 Å². The third kappa shape index (κ3) is 15.6. The van der Waals surface area contributed by atoms with E-state index in [0.717, 1.165) is 12.8 Å².